The molecule has 0 amide bonds. The highest BCUT2D eigenvalue weighted by Gasteiger charge is 2.08. The van der Waals surface area contributed by atoms with Gasteiger partial charge in [-0.15, -0.1) is 0 Å². The maximum Gasteiger partial charge on any atom is 0.122 e. The van der Waals surface area contributed by atoms with Crippen LogP contribution in [0.5, 0.6) is 11.5 Å². The quantitative estimate of drug-likeness (QED) is 0.738. The highest BCUT2D eigenvalue weighted by Crippen LogP contribution is 2.18. The molecule has 1 aromatic carbocycles. The van der Waals surface area contributed by atoms with E-state index in [4.69, 9.17) is 14.6 Å². The lowest BCUT2D eigenvalue weighted by molar-refractivity contribution is 0.115. The van der Waals surface area contributed by atoms with Crippen molar-refractivity contribution in [3.63, 3.8) is 0 Å². The number of benzene rings is 1. The fourth-order valence-electron chi connectivity index (χ4n) is 1.30. The molecule has 0 saturated heterocycles. The van der Waals surface area contributed by atoms with Crippen LogP contribution in [-0.4, -0.2) is 37.1 Å². The zero-order chi connectivity index (χ0) is 11.8. The Hall–Kier alpha value is -1.26. The van der Waals surface area contributed by atoms with E-state index >= 15 is 0 Å². The summed E-state index contributed by atoms with van der Waals surface area (Å²) in [5.74, 6) is 0.841. The Morgan fingerprint density at radius 1 is 1.38 bits per heavy atom. The maximum atomic E-state index is 9.23. The summed E-state index contributed by atoms with van der Waals surface area (Å²) in [5, 5.41) is 18.3. The second-order valence-electron chi connectivity index (χ2n) is 3.64. The third kappa shape index (κ3) is 4.51. The molecule has 90 valence electrons. The summed E-state index contributed by atoms with van der Waals surface area (Å²) in [7, 11) is 1.63. The average Bonchev–Trinajstić information content (AvgIpc) is 2.29. The molecule has 0 heterocycles. The van der Waals surface area contributed by atoms with Crippen LogP contribution in [0.15, 0.2) is 24.3 Å². The van der Waals surface area contributed by atoms with Gasteiger partial charge < -0.3 is 19.7 Å². The van der Waals surface area contributed by atoms with Crippen LogP contribution in [0.2, 0.25) is 0 Å². The summed E-state index contributed by atoms with van der Waals surface area (Å²) in [6, 6.07) is 6.62. The first-order valence-corrected chi connectivity index (χ1v) is 5.28. The first kappa shape index (κ1) is 12.8. The van der Waals surface area contributed by atoms with Crippen molar-refractivity contribution in [2.45, 2.75) is 6.42 Å². The topological polar surface area (TPSA) is 58.9 Å². The van der Waals surface area contributed by atoms with Crippen molar-refractivity contribution >= 4 is 0 Å². The van der Waals surface area contributed by atoms with E-state index in [0.29, 0.717) is 19.0 Å². The first-order chi connectivity index (χ1) is 7.76. The number of phenols is 1. The molecule has 0 spiro atoms. The maximum absolute atomic E-state index is 9.23. The predicted octanol–water partition coefficient (Wildman–Crippen LogP) is 1.42. The fraction of sp³-hybridized carbons (Fsp3) is 0.500. The van der Waals surface area contributed by atoms with Gasteiger partial charge in [0, 0.05) is 32.3 Å². The number of aliphatic hydroxyl groups excluding tert-OH is 1. The largest absolute Gasteiger partial charge is 0.508 e. The molecule has 1 aromatic rings. The van der Waals surface area contributed by atoms with Crippen molar-refractivity contribution in [3.8, 4) is 11.5 Å². The van der Waals surface area contributed by atoms with Gasteiger partial charge in [0.2, 0.25) is 0 Å². The van der Waals surface area contributed by atoms with Crippen LogP contribution in [0.3, 0.4) is 0 Å². The zero-order valence-corrected chi connectivity index (χ0v) is 9.43. The predicted molar refractivity (Wildman–Crippen MR) is 60.7 cm³/mol. The van der Waals surface area contributed by atoms with Crippen molar-refractivity contribution in [1.29, 1.82) is 0 Å². The van der Waals surface area contributed by atoms with E-state index in [1.54, 1.807) is 31.4 Å². The second kappa shape index (κ2) is 7.09. The number of aliphatic hydroxyl groups is 1. The molecular formula is C12H18O4. The smallest absolute Gasteiger partial charge is 0.122 e. The Labute approximate surface area is 95.4 Å². The molecule has 0 bridgehead atoms. The average molecular weight is 226 g/mol. The summed E-state index contributed by atoms with van der Waals surface area (Å²) >= 11 is 0. The minimum Gasteiger partial charge on any atom is -0.508 e. The summed E-state index contributed by atoms with van der Waals surface area (Å²) in [4.78, 5) is 0. The minimum atomic E-state index is 0.0577. The molecule has 1 atom stereocenters. The van der Waals surface area contributed by atoms with Crippen LogP contribution in [-0.2, 0) is 4.74 Å². The zero-order valence-electron chi connectivity index (χ0n) is 9.43. The monoisotopic (exact) mass is 226 g/mol. The fourth-order valence-corrected chi connectivity index (χ4v) is 1.30. The summed E-state index contributed by atoms with van der Waals surface area (Å²) in [6.07, 6.45) is 0.756. The summed E-state index contributed by atoms with van der Waals surface area (Å²) < 4.78 is 10.4. The van der Waals surface area contributed by atoms with Crippen molar-refractivity contribution in [2.75, 3.05) is 26.9 Å². The van der Waals surface area contributed by atoms with Gasteiger partial charge in [0.15, 0.2) is 0 Å². The number of rotatable bonds is 7. The second-order valence-corrected chi connectivity index (χ2v) is 3.64. The first-order valence-electron chi connectivity index (χ1n) is 5.28. The standard InChI is InChI=1S/C12H18O4/c1-15-6-5-10(8-13)9-16-12-4-2-3-11(14)7-12/h2-4,7,10,13-14H,5-6,8-9H2,1H3. The molecule has 0 saturated carbocycles. The van der Waals surface area contributed by atoms with E-state index in [1.807, 2.05) is 0 Å². The molecule has 4 nitrogen and oxygen atoms in total. The summed E-state index contributed by atoms with van der Waals surface area (Å²) in [5.41, 5.74) is 0. The van der Waals surface area contributed by atoms with Crippen molar-refractivity contribution in [2.24, 2.45) is 5.92 Å². The lowest BCUT2D eigenvalue weighted by atomic mass is 10.1. The summed E-state index contributed by atoms with van der Waals surface area (Å²) in [6.45, 7) is 1.10. The molecule has 0 aliphatic heterocycles. The molecule has 0 aliphatic carbocycles. The molecule has 0 aliphatic rings. The highest BCUT2D eigenvalue weighted by atomic mass is 16.5. The Morgan fingerprint density at radius 3 is 2.81 bits per heavy atom. The van der Waals surface area contributed by atoms with Crippen LogP contribution in [0.4, 0.5) is 0 Å². The van der Waals surface area contributed by atoms with Crippen LogP contribution in [0.25, 0.3) is 0 Å². The van der Waals surface area contributed by atoms with E-state index < -0.39 is 0 Å². The van der Waals surface area contributed by atoms with Gasteiger partial charge >= 0.3 is 0 Å². The number of methoxy groups -OCH3 is 1. The van der Waals surface area contributed by atoms with E-state index in [1.165, 1.54) is 0 Å². The van der Waals surface area contributed by atoms with Crippen molar-refractivity contribution < 1.29 is 19.7 Å². The van der Waals surface area contributed by atoms with Gasteiger partial charge in [-0.3, -0.25) is 0 Å². The van der Waals surface area contributed by atoms with Gasteiger partial charge in [0.05, 0.1) is 6.61 Å². The van der Waals surface area contributed by atoms with Gasteiger partial charge in [-0.05, 0) is 18.6 Å². The van der Waals surface area contributed by atoms with E-state index in [2.05, 4.69) is 0 Å². The number of ether oxygens (including phenoxy) is 2. The van der Waals surface area contributed by atoms with E-state index in [-0.39, 0.29) is 18.3 Å². The molecule has 0 radical (unpaired) electrons. The molecule has 4 heteroatoms. The number of hydrogen-bond acceptors (Lipinski definition) is 4. The Kier molecular flexibility index (Phi) is 5.67. The Balaban J connectivity index is 2.37. The van der Waals surface area contributed by atoms with E-state index in [0.717, 1.165) is 6.42 Å². The molecular weight excluding hydrogens is 208 g/mol. The van der Waals surface area contributed by atoms with Gasteiger partial charge in [-0.1, -0.05) is 6.07 Å². The van der Waals surface area contributed by atoms with Gasteiger partial charge in [0.1, 0.15) is 11.5 Å². The van der Waals surface area contributed by atoms with Crippen LogP contribution >= 0.6 is 0 Å². The Bertz CT molecular complexity index is 301. The highest BCUT2D eigenvalue weighted by molar-refractivity contribution is 5.31. The van der Waals surface area contributed by atoms with Crippen LogP contribution < -0.4 is 4.74 Å². The van der Waals surface area contributed by atoms with Crippen molar-refractivity contribution in [3.05, 3.63) is 24.3 Å². The molecule has 0 aromatic heterocycles. The third-order valence-electron chi connectivity index (χ3n) is 2.29. The third-order valence-corrected chi connectivity index (χ3v) is 2.29. The van der Waals surface area contributed by atoms with Gasteiger partial charge in [0.25, 0.3) is 0 Å². The lowest BCUT2D eigenvalue weighted by Crippen LogP contribution is -2.17. The minimum absolute atomic E-state index is 0.0577. The van der Waals surface area contributed by atoms with Gasteiger partial charge in [-0.2, -0.15) is 0 Å². The number of aromatic hydroxyl groups is 1. The number of hydrogen-bond donors (Lipinski definition) is 2. The van der Waals surface area contributed by atoms with Gasteiger partial charge in [-0.25, -0.2) is 0 Å². The SMILES string of the molecule is COCCC(CO)COc1cccc(O)c1. The molecule has 2 N–H and O–H groups in total. The molecule has 1 unspecified atom stereocenters. The normalized spacial score (nSPS) is 12.4. The number of phenolic OH excluding ortho intramolecular Hbond substituents is 1. The van der Waals surface area contributed by atoms with E-state index in [9.17, 15) is 5.11 Å². The Morgan fingerprint density at radius 2 is 2.19 bits per heavy atom. The van der Waals surface area contributed by atoms with Crippen LogP contribution in [0, 0.1) is 5.92 Å². The molecule has 16 heavy (non-hydrogen) atoms. The lowest BCUT2D eigenvalue weighted by Gasteiger charge is -2.14. The molecule has 0 fully saturated rings. The van der Waals surface area contributed by atoms with Crippen LogP contribution in [0.1, 0.15) is 6.42 Å². The molecule has 1 rings (SSSR count). The van der Waals surface area contributed by atoms with Crippen molar-refractivity contribution in [1.82, 2.24) is 0 Å².